The molecule has 0 aliphatic rings. The lowest BCUT2D eigenvalue weighted by Gasteiger charge is -2.08. The number of imidazole rings is 1. The van der Waals surface area contributed by atoms with E-state index in [-0.39, 0.29) is 5.91 Å². The van der Waals surface area contributed by atoms with Crippen molar-refractivity contribution in [2.24, 2.45) is 7.05 Å². The Morgan fingerprint density at radius 2 is 1.65 bits per heavy atom. The summed E-state index contributed by atoms with van der Waals surface area (Å²) >= 11 is 3.41. The maximum atomic E-state index is 12.4. The number of carbonyl (C=O) groups is 1. The van der Waals surface area contributed by atoms with E-state index in [0.717, 1.165) is 32.6 Å². The first-order chi connectivity index (χ1) is 12.6. The molecule has 1 heterocycles. The zero-order valence-corrected chi connectivity index (χ0v) is 15.7. The van der Waals surface area contributed by atoms with Gasteiger partial charge >= 0.3 is 0 Å². The molecule has 0 saturated heterocycles. The van der Waals surface area contributed by atoms with Crippen molar-refractivity contribution in [2.75, 3.05) is 5.32 Å². The predicted molar refractivity (Wildman–Crippen MR) is 108 cm³/mol. The third-order valence-corrected chi connectivity index (χ3v) is 5.00. The SMILES string of the molecule is Cn1c(-c2ccc(NC(=O)c3ccccc3Br)cc2)nc2ccccc21. The number of anilines is 1. The maximum Gasteiger partial charge on any atom is 0.256 e. The van der Waals surface area contributed by atoms with Crippen molar-refractivity contribution in [1.82, 2.24) is 9.55 Å². The number of amides is 1. The largest absolute Gasteiger partial charge is 0.327 e. The minimum Gasteiger partial charge on any atom is -0.327 e. The number of para-hydroxylation sites is 2. The van der Waals surface area contributed by atoms with Crippen LogP contribution in [0.1, 0.15) is 10.4 Å². The van der Waals surface area contributed by atoms with E-state index in [4.69, 9.17) is 4.98 Å². The summed E-state index contributed by atoms with van der Waals surface area (Å²) in [7, 11) is 2.01. The van der Waals surface area contributed by atoms with Gasteiger partial charge in [-0.25, -0.2) is 4.98 Å². The highest BCUT2D eigenvalue weighted by atomic mass is 79.9. The fourth-order valence-corrected chi connectivity index (χ4v) is 3.41. The Labute approximate surface area is 159 Å². The molecule has 3 aromatic carbocycles. The highest BCUT2D eigenvalue weighted by molar-refractivity contribution is 9.10. The molecule has 0 aliphatic carbocycles. The van der Waals surface area contributed by atoms with E-state index >= 15 is 0 Å². The molecule has 128 valence electrons. The number of nitrogens with zero attached hydrogens (tertiary/aromatic N) is 2. The normalized spacial score (nSPS) is 10.8. The number of nitrogens with one attached hydrogen (secondary N) is 1. The molecule has 0 unspecified atom stereocenters. The Balaban J connectivity index is 1.59. The standard InChI is InChI=1S/C21H16BrN3O/c1-25-19-9-5-4-8-18(19)24-20(25)14-10-12-15(13-11-14)23-21(26)16-6-2-3-7-17(16)22/h2-13H,1H3,(H,23,26). The lowest BCUT2D eigenvalue weighted by molar-refractivity contribution is 0.102. The van der Waals surface area contributed by atoms with Crippen molar-refractivity contribution in [2.45, 2.75) is 0 Å². The van der Waals surface area contributed by atoms with Crippen LogP contribution in [0, 0.1) is 0 Å². The number of hydrogen-bond donors (Lipinski definition) is 1. The molecule has 0 saturated carbocycles. The van der Waals surface area contributed by atoms with Gasteiger partial charge < -0.3 is 9.88 Å². The van der Waals surface area contributed by atoms with Crippen LogP contribution in [0.4, 0.5) is 5.69 Å². The van der Waals surface area contributed by atoms with Crippen LogP contribution in [-0.2, 0) is 7.05 Å². The summed E-state index contributed by atoms with van der Waals surface area (Å²) in [5.74, 6) is 0.753. The van der Waals surface area contributed by atoms with Crippen molar-refractivity contribution < 1.29 is 4.79 Å². The minimum atomic E-state index is -0.145. The van der Waals surface area contributed by atoms with E-state index in [0.29, 0.717) is 5.56 Å². The molecule has 0 spiro atoms. The fourth-order valence-electron chi connectivity index (χ4n) is 2.95. The Bertz CT molecular complexity index is 1100. The van der Waals surface area contributed by atoms with Crippen LogP contribution in [-0.4, -0.2) is 15.5 Å². The quantitative estimate of drug-likeness (QED) is 0.505. The topological polar surface area (TPSA) is 46.9 Å². The first kappa shape index (κ1) is 16.5. The fraction of sp³-hybridized carbons (Fsp3) is 0.0476. The van der Waals surface area contributed by atoms with Gasteiger partial charge in [0, 0.05) is 22.8 Å². The van der Waals surface area contributed by atoms with Crippen molar-refractivity contribution in [3.63, 3.8) is 0 Å². The number of halogens is 1. The highest BCUT2D eigenvalue weighted by Crippen LogP contribution is 2.25. The lowest BCUT2D eigenvalue weighted by Crippen LogP contribution is -2.12. The van der Waals surface area contributed by atoms with Crippen LogP contribution in [0.25, 0.3) is 22.4 Å². The number of carbonyl (C=O) groups excluding carboxylic acids is 1. The third-order valence-electron chi connectivity index (χ3n) is 4.31. The number of aromatic nitrogens is 2. The van der Waals surface area contributed by atoms with E-state index in [2.05, 4.69) is 31.9 Å². The van der Waals surface area contributed by atoms with Gasteiger partial charge in [-0.05, 0) is 64.5 Å². The maximum absolute atomic E-state index is 12.4. The van der Waals surface area contributed by atoms with Crippen LogP contribution in [0.15, 0.2) is 77.3 Å². The summed E-state index contributed by atoms with van der Waals surface area (Å²) in [5.41, 5.74) is 4.41. The van der Waals surface area contributed by atoms with Gasteiger partial charge in [0.05, 0.1) is 16.6 Å². The van der Waals surface area contributed by atoms with Gasteiger partial charge in [-0.15, -0.1) is 0 Å². The molecule has 0 fully saturated rings. The molecular formula is C21H16BrN3O. The summed E-state index contributed by atoms with van der Waals surface area (Å²) in [4.78, 5) is 17.1. The molecule has 0 atom stereocenters. The summed E-state index contributed by atoms with van der Waals surface area (Å²) in [6.45, 7) is 0. The van der Waals surface area contributed by atoms with Gasteiger partial charge in [0.15, 0.2) is 0 Å². The molecule has 1 amide bonds. The number of benzene rings is 3. The summed E-state index contributed by atoms with van der Waals surface area (Å²) in [6.07, 6.45) is 0. The summed E-state index contributed by atoms with van der Waals surface area (Å²) in [5, 5.41) is 2.92. The zero-order valence-electron chi connectivity index (χ0n) is 14.1. The first-order valence-corrected chi connectivity index (χ1v) is 9.00. The second-order valence-electron chi connectivity index (χ2n) is 5.99. The smallest absolute Gasteiger partial charge is 0.256 e. The highest BCUT2D eigenvalue weighted by Gasteiger charge is 2.11. The zero-order chi connectivity index (χ0) is 18.1. The molecule has 26 heavy (non-hydrogen) atoms. The van der Waals surface area contributed by atoms with Crippen molar-refractivity contribution >= 4 is 38.6 Å². The monoisotopic (exact) mass is 405 g/mol. The Morgan fingerprint density at radius 3 is 2.38 bits per heavy atom. The Hall–Kier alpha value is -2.92. The van der Waals surface area contributed by atoms with Gasteiger partial charge in [0.25, 0.3) is 5.91 Å². The molecule has 0 radical (unpaired) electrons. The molecule has 4 aromatic rings. The van der Waals surface area contributed by atoms with Crippen molar-refractivity contribution in [3.05, 3.63) is 82.8 Å². The average Bonchev–Trinajstić information content (AvgIpc) is 3.00. The Morgan fingerprint density at radius 1 is 0.962 bits per heavy atom. The molecule has 5 heteroatoms. The van der Waals surface area contributed by atoms with Gasteiger partial charge in [-0.3, -0.25) is 4.79 Å². The molecule has 1 N–H and O–H groups in total. The van der Waals surface area contributed by atoms with E-state index in [9.17, 15) is 4.79 Å². The van der Waals surface area contributed by atoms with Crippen LogP contribution in [0.5, 0.6) is 0 Å². The predicted octanol–water partition coefficient (Wildman–Crippen LogP) is 5.26. The number of rotatable bonds is 3. The van der Waals surface area contributed by atoms with Crippen molar-refractivity contribution in [1.29, 1.82) is 0 Å². The second-order valence-corrected chi connectivity index (χ2v) is 6.85. The van der Waals surface area contributed by atoms with E-state index < -0.39 is 0 Å². The molecule has 0 aliphatic heterocycles. The molecule has 4 rings (SSSR count). The van der Waals surface area contributed by atoms with Gasteiger partial charge in [-0.2, -0.15) is 0 Å². The van der Waals surface area contributed by atoms with Crippen LogP contribution in [0.3, 0.4) is 0 Å². The van der Waals surface area contributed by atoms with Crippen LogP contribution < -0.4 is 5.32 Å². The van der Waals surface area contributed by atoms with E-state index in [1.165, 1.54) is 0 Å². The first-order valence-electron chi connectivity index (χ1n) is 8.21. The van der Waals surface area contributed by atoms with Crippen molar-refractivity contribution in [3.8, 4) is 11.4 Å². The summed E-state index contributed by atoms with van der Waals surface area (Å²) in [6, 6.07) is 23.1. The second kappa shape index (κ2) is 6.77. The molecular weight excluding hydrogens is 390 g/mol. The van der Waals surface area contributed by atoms with E-state index in [1.807, 2.05) is 67.7 Å². The third kappa shape index (κ3) is 3.02. The molecule has 1 aromatic heterocycles. The van der Waals surface area contributed by atoms with Crippen LogP contribution >= 0.6 is 15.9 Å². The number of hydrogen-bond acceptors (Lipinski definition) is 2. The average molecular weight is 406 g/mol. The van der Waals surface area contributed by atoms with Gasteiger partial charge in [-0.1, -0.05) is 24.3 Å². The van der Waals surface area contributed by atoms with Crippen LogP contribution in [0.2, 0.25) is 0 Å². The minimum absolute atomic E-state index is 0.145. The van der Waals surface area contributed by atoms with E-state index in [1.54, 1.807) is 6.07 Å². The number of fused-ring (bicyclic) bond motifs is 1. The number of aryl methyl sites for hydroxylation is 1. The van der Waals surface area contributed by atoms with Gasteiger partial charge in [0.2, 0.25) is 0 Å². The lowest BCUT2D eigenvalue weighted by atomic mass is 10.1. The molecule has 4 nitrogen and oxygen atoms in total. The Kier molecular flexibility index (Phi) is 4.31. The summed E-state index contributed by atoms with van der Waals surface area (Å²) < 4.78 is 2.85. The van der Waals surface area contributed by atoms with Gasteiger partial charge in [0.1, 0.15) is 5.82 Å². The molecule has 0 bridgehead atoms.